The largest absolute Gasteiger partial charge is 0.346 e. The molecule has 8 heteroatoms. The van der Waals surface area contributed by atoms with Gasteiger partial charge in [0.25, 0.3) is 0 Å². The van der Waals surface area contributed by atoms with E-state index in [1.165, 1.54) is 0 Å². The summed E-state index contributed by atoms with van der Waals surface area (Å²) in [5.74, 6) is 0.938. The zero-order chi connectivity index (χ0) is 14.5. The highest BCUT2D eigenvalue weighted by Gasteiger charge is 2.18. The summed E-state index contributed by atoms with van der Waals surface area (Å²) in [5, 5.41) is 8.87. The minimum Gasteiger partial charge on any atom is -0.346 e. The van der Waals surface area contributed by atoms with E-state index in [2.05, 4.69) is 25.5 Å². The summed E-state index contributed by atoms with van der Waals surface area (Å²) in [6.45, 7) is 2.05. The molecule has 0 aliphatic carbocycles. The molecule has 2 rings (SSSR count). The second-order valence-corrected chi connectivity index (χ2v) is 4.61. The molecule has 2 aromatic rings. The average Bonchev–Trinajstić information content (AvgIpc) is 2.98. The summed E-state index contributed by atoms with van der Waals surface area (Å²) >= 11 is 0. The molecule has 1 amide bonds. The summed E-state index contributed by atoms with van der Waals surface area (Å²) in [5.41, 5.74) is -0.415. The molecule has 0 spiro atoms. The molecular weight excluding hydrogens is 260 g/mol. The highest BCUT2D eigenvalue weighted by molar-refractivity contribution is 5.78. The average molecular weight is 278 g/mol. The fourth-order valence-corrected chi connectivity index (χ4v) is 2.05. The molecule has 8 nitrogen and oxygen atoms in total. The summed E-state index contributed by atoms with van der Waals surface area (Å²) in [6, 6.07) is -0.141. The number of aryl methyl sites for hydroxylation is 1. The van der Waals surface area contributed by atoms with Crippen molar-refractivity contribution in [2.75, 3.05) is 0 Å². The number of carbonyl (C=O) groups is 1. The van der Waals surface area contributed by atoms with Crippen molar-refractivity contribution < 1.29 is 4.79 Å². The van der Waals surface area contributed by atoms with Crippen LogP contribution in [-0.2, 0) is 18.3 Å². The number of hydrogen-bond donors (Lipinski definition) is 3. The molecule has 1 unspecified atom stereocenters. The number of nitrogens with zero attached hydrogens (tertiary/aromatic N) is 3. The van der Waals surface area contributed by atoms with Crippen molar-refractivity contribution in [2.24, 2.45) is 7.05 Å². The van der Waals surface area contributed by atoms with Crippen molar-refractivity contribution in [3.05, 3.63) is 34.5 Å². The maximum atomic E-state index is 12.0. The minimum atomic E-state index is -0.415. The molecule has 1 atom stereocenters. The normalized spacial score (nSPS) is 12.3. The van der Waals surface area contributed by atoms with E-state index in [0.29, 0.717) is 5.82 Å². The zero-order valence-electron chi connectivity index (χ0n) is 11.5. The number of imidazole rings is 1. The molecule has 0 aliphatic rings. The number of aromatic amines is 2. The molecule has 2 aromatic heterocycles. The van der Waals surface area contributed by atoms with Gasteiger partial charge in [-0.25, -0.2) is 14.9 Å². The van der Waals surface area contributed by atoms with Crippen molar-refractivity contribution in [2.45, 2.75) is 32.2 Å². The second-order valence-electron chi connectivity index (χ2n) is 4.61. The van der Waals surface area contributed by atoms with Crippen LogP contribution in [-0.4, -0.2) is 30.6 Å². The van der Waals surface area contributed by atoms with Crippen molar-refractivity contribution in [1.82, 2.24) is 30.0 Å². The van der Waals surface area contributed by atoms with Gasteiger partial charge in [0.1, 0.15) is 11.6 Å². The zero-order valence-corrected chi connectivity index (χ0v) is 11.5. The first-order valence-corrected chi connectivity index (χ1v) is 6.50. The van der Waals surface area contributed by atoms with Crippen molar-refractivity contribution in [3.8, 4) is 0 Å². The van der Waals surface area contributed by atoms with Gasteiger partial charge in [-0.3, -0.25) is 9.78 Å². The lowest BCUT2D eigenvalue weighted by molar-refractivity contribution is -0.121. The van der Waals surface area contributed by atoms with Crippen LogP contribution in [0.25, 0.3) is 0 Å². The van der Waals surface area contributed by atoms with E-state index in [9.17, 15) is 9.59 Å². The molecule has 20 heavy (non-hydrogen) atoms. The lowest BCUT2D eigenvalue weighted by Gasteiger charge is -2.17. The lowest BCUT2D eigenvalue weighted by Crippen LogP contribution is -2.31. The van der Waals surface area contributed by atoms with E-state index >= 15 is 0 Å². The predicted octanol–water partition coefficient (Wildman–Crippen LogP) is 0.0316. The lowest BCUT2D eigenvalue weighted by atomic mass is 10.1. The van der Waals surface area contributed by atoms with E-state index < -0.39 is 5.69 Å². The summed E-state index contributed by atoms with van der Waals surface area (Å²) < 4.78 is 1.89. The maximum Gasteiger partial charge on any atom is 0.340 e. The Kier molecular flexibility index (Phi) is 4.34. The van der Waals surface area contributed by atoms with Gasteiger partial charge in [0.15, 0.2) is 0 Å². The maximum absolute atomic E-state index is 12.0. The monoisotopic (exact) mass is 278 g/mol. The van der Waals surface area contributed by atoms with Gasteiger partial charge in [0.05, 0.1) is 12.5 Å². The minimum absolute atomic E-state index is 0.0311. The number of nitrogens with one attached hydrogen (secondary N) is 3. The third kappa shape index (κ3) is 3.34. The number of hydrogen-bond acceptors (Lipinski definition) is 4. The van der Waals surface area contributed by atoms with E-state index in [0.717, 1.165) is 18.7 Å². The Morgan fingerprint density at radius 3 is 2.90 bits per heavy atom. The van der Waals surface area contributed by atoms with Gasteiger partial charge in [-0.1, -0.05) is 13.3 Å². The molecule has 0 aliphatic heterocycles. The van der Waals surface area contributed by atoms with Crippen LogP contribution < -0.4 is 11.0 Å². The van der Waals surface area contributed by atoms with Gasteiger partial charge in [-0.05, 0) is 6.42 Å². The molecule has 0 aromatic carbocycles. The molecule has 3 N–H and O–H groups in total. The van der Waals surface area contributed by atoms with Crippen molar-refractivity contribution in [1.29, 1.82) is 0 Å². The Labute approximate surface area is 115 Å². The Balaban J connectivity index is 2.03. The number of H-pyrrole nitrogens is 2. The van der Waals surface area contributed by atoms with Crippen LogP contribution in [0.4, 0.5) is 0 Å². The van der Waals surface area contributed by atoms with Crippen LogP contribution in [0.1, 0.15) is 37.5 Å². The van der Waals surface area contributed by atoms with Crippen LogP contribution in [0.3, 0.4) is 0 Å². The Morgan fingerprint density at radius 1 is 1.55 bits per heavy atom. The molecule has 108 valence electrons. The van der Waals surface area contributed by atoms with Crippen LogP contribution in [0.2, 0.25) is 0 Å². The Bertz CT molecular complexity index is 626. The quantitative estimate of drug-likeness (QED) is 0.692. The van der Waals surface area contributed by atoms with E-state index in [1.54, 1.807) is 6.20 Å². The number of amides is 1. The molecule has 0 radical (unpaired) electrons. The van der Waals surface area contributed by atoms with Gasteiger partial charge in [0, 0.05) is 19.4 Å². The summed E-state index contributed by atoms with van der Waals surface area (Å²) in [4.78, 5) is 29.6. The smallest absolute Gasteiger partial charge is 0.340 e. The molecule has 0 bridgehead atoms. The van der Waals surface area contributed by atoms with Crippen LogP contribution >= 0.6 is 0 Å². The highest BCUT2D eigenvalue weighted by atomic mass is 16.2. The predicted molar refractivity (Wildman–Crippen MR) is 71.9 cm³/mol. The van der Waals surface area contributed by atoms with Crippen LogP contribution in [0, 0.1) is 0 Å². The van der Waals surface area contributed by atoms with E-state index in [4.69, 9.17) is 0 Å². The SMILES string of the molecule is CCCC(NC(=O)Cc1n[nH]c(=O)[nH]1)c1nccn1C. The first-order valence-electron chi connectivity index (χ1n) is 6.50. The van der Waals surface area contributed by atoms with Gasteiger partial charge in [0.2, 0.25) is 5.91 Å². The Hall–Kier alpha value is -2.38. The number of rotatable bonds is 6. The molecular formula is C12H18N6O2. The fourth-order valence-electron chi connectivity index (χ4n) is 2.05. The molecule has 0 fully saturated rings. The standard InChI is InChI=1S/C12H18N6O2/c1-3-4-8(11-13-5-6-18(11)2)14-10(19)7-9-15-12(20)17-16-9/h5-6,8H,3-4,7H2,1-2H3,(H,14,19)(H2,15,16,17,20). The van der Waals surface area contributed by atoms with Gasteiger partial charge in [-0.15, -0.1) is 0 Å². The first kappa shape index (κ1) is 14.0. The topological polar surface area (TPSA) is 108 Å². The third-order valence-corrected chi connectivity index (χ3v) is 2.96. The van der Waals surface area contributed by atoms with E-state index in [1.807, 2.05) is 24.7 Å². The van der Waals surface area contributed by atoms with Gasteiger partial charge in [-0.2, -0.15) is 5.10 Å². The van der Waals surface area contributed by atoms with Crippen LogP contribution in [0.15, 0.2) is 17.2 Å². The number of aromatic nitrogens is 5. The van der Waals surface area contributed by atoms with Gasteiger partial charge >= 0.3 is 5.69 Å². The fraction of sp³-hybridized carbons (Fsp3) is 0.500. The third-order valence-electron chi connectivity index (χ3n) is 2.96. The molecule has 2 heterocycles. The molecule has 0 saturated carbocycles. The first-order chi connectivity index (χ1) is 9.60. The van der Waals surface area contributed by atoms with Crippen molar-refractivity contribution in [3.63, 3.8) is 0 Å². The summed E-state index contributed by atoms with van der Waals surface area (Å²) in [6.07, 6.45) is 5.30. The molecule has 0 saturated heterocycles. The van der Waals surface area contributed by atoms with Crippen molar-refractivity contribution >= 4 is 5.91 Å². The van der Waals surface area contributed by atoms with E-state index in [-0.39, 0.29) is 18.4 Å². The number of carbonyl (C=O) groups excluding carboxylic acids is 1. The summed E-state index contributed by atoms with van der Waals surface area (Å²) in [7, 11) is 1.89. The Morgan fingerprint density at radius 2 is 2.35 bits per heavy atom. The second kappa shape index (κ2) is 6.18. The van der Waals surface area contributed by atoms with Gasteiger partial charge < -0.3 is 9.88 Å². The highest BCUT2D eigenvalue weighted by Crippen LogP contribution is 2.16. The van der Waals surface area contributed by atoms with Crippen LogP contribution in [0.5, 0.6) is 0 Å².